The predicted molar refractivity (Wildman–Crippen MR) is 71.3 cm³/mol. The van der Waals surface area contributed by atoms with Gasteiger partial charge in [-0.05, 0) is 48.8 Å². The minimum absolute atomic E-state index is 0.644. The smallest absolute Gasteiger partial charge is 0.161 e. The van der Waals surface area contributed by atoms with Crippen molar-refractivity contribution in [3.8, 4) is 11.5 Å². The van der Waals surface area contributed by atoms with Crippen LogP contribution in [0.2, 0.25) is 0 Å². The maximum absolute atomic E-state index is 5.52. The molecule has 1 aromatic carbocycles. The Balaban J connectivity index is 3.01. The molecular weight excluding hydrogens is 220 g/mol. The lowest BCUT2D eigenvalue weighted by atomic mass is 10.2. The zero-order valence-corrected chi connectivity index (χ0v) is 11.1. The van der Waals surface area contributed by atoms with Gasteiger partial charge >= 0.3 is 0 Å². The van der Waals surface area contributed by atoms with Crippen molar-refractivity contribution >= 4 is 17.8 Å². The first-order valence-electron chi connectivity index (χ1n) is 5.24. The monoisotopic (exact) mass is 238 g/mol. The molecule has 0 atom stereocenters. The van der Waals surface area contributed by atoms with Crippen molar-refractivity contribution in [1.29, 1.82) is 0 Å². The van der Waals surface area contributed by atoms with Crippen molar-refractivity contribution in [1.82, 2.24) is 0 Å². The van der Waals surface area contributed by atoms with Gasteiger partial charge in [-0.2, -0.15) is 0 Å². The summed E-state index contributed by atoms with van der Waals surface area (Å²) >= 11 is 1.74. The highest BCUT2D eigenvalue weighted by Gasteiger charge is 2.03. The van der Waals surface area contributed by atoms with Gasteiger partial charge in [0, 0.05) is 0 Å². The van der Waals surface area contributed by atoms with Gasteiger partial charge in [-0.1, -0.05) is 6.07 Å². The molecule has 0 unspecified atom stereocenters. The molecule has 3 heteroatoms. The van der Waals surface area contributed by atoms with Gasteiger partial charge in [0.2, 0.25) is 0 Å². The summed E-state index contributed by atoms with van der Waals surface area (Å²) in [5.41, 5.74) is 1.14. The lowest BCUT2D eigenvalue weighted by Gasteiger charge is -2.09. The Morgan fingerprint density at radius 3 is 2.69 bits per heavy atom. The first-order chi connectivity index (χ1) is 7.71. The summed E-state index contributed by atoms with van der Waals surface area (Å²) in [5.74, 6) is 1.58. The lowest BCUT2D eigenvalue weighted by Crippen LogP contribution is -1.95. The Kier molecular flexibility index (Phi) is 5.26. The zero-order chi connectivity index (χ0) is 12.0. The van der Waals surface area contributed by atoms with Crippen LogP contribution in [0.4, 0.5) is 0 Å². The Morgan fingerprint density at radius 1 is 1.38 bits per heavy atom. The fourth-order valence-corrected chi connectivity index (χ4v) is 1.60. The van der Waals surface area contributed by atoms with E-state index in [0.29, 0.717) is 6.61 Å². The van der Waals surface area contributed by atoms with Crippen molar-refractivity contribution in [2.75, 3.05) is 20.0 Å². The van der Waals surface area contributed by atoms with Crippen molar-refractivity contribution < 1.29 is 9.47 Å². The van der Waals surface area contributed by atoms with Crippen molar-refractivity contribution in [2.45, 2.75) is 13.8 Å². The van der Waals surface area contributed by atoms with E-state index in [1.165, 1.54) is 4.91 Å². The molecule has 0 radical (unpaired) electrons. The summed E-state index contributed by atoms with van der Waals surface area (Å²) in [5, 5.41) is 0. The minimum atomic E-state index is 0.644. The van der Waals surface area contributed by atoms with E-state index >= 15 is 0 Å². The number of thioether (sulfide) groups is 1. The molecule has 0 aromatic heterocycles. The van der Waals surface area contributed by atoms with E-state index in [1.807, 2.05) is 25.1 Å². The fraction of sp³-hybridized carbons (Fsp3) is 0.385. The van der Waals surface area contributed by atoms with E-state index in [-0.39, 0.29) is 0 Å². The molecule has 0 aliphatic carbocycles. The molecule has 0 amide bonds. The maximum Gasteiger partial charge on any atom is 0.161 e. The van der Waals surface area contributed by atoms with E-state index in [9.17, 15) is 0 Å². The second kappa shape index (κ2) is 6.48. The second-order valence-electron chi connectivity index (χ2n) is 3.30. The normalized spacial score (nSPS) is 11.4. The predicted octanol–water partition coefficient (Wildman–Crippen LogP) is 3.82. The Labute approximate surface area is 102 Å². The molecule has 0 N–H and O–H groups in total. The molecule has 0 bridgehead atoms. The Morgan fingerprint density at radius 2 is 2.12 bits per heavy atom. The number of rotatable bonds is 5. The summed E-state index contributed by atoms with van der Waals surface area (Å²) in [6, 6.07) is 5.97. The second-order valence-corrected chi connectivity index (χ2v) is 4.35. The van der Waals surface area contributed by atoms with Gasteiger partial charge in [0.1, 0.15) is 0 Å². The standard InChI is InChI=1S/C13H18O2S/c1-5-15-13-9-11(8-10(2)16-4)6-7-12(13)14-3/h6-9H,5H2,1-4H3/b10-8-. The van der Waals surface area contributed by atoms with Crippen LogP contribution in [-0.4, -0.2) is 20.0 Å². The molecule has 1 rings (SSSR count). The van der Waals surface area contributed by atoms with Gasteiger partial charge < -0.3 is 9.47 Å². The Hall–Kier alpha value is -1.09. The van der Waals surface area contributed by atoms with E-state index in [0.717, 1.165) is 17.1 Å². The summed E-state index contributed by atoms with van der Waals surface area (Å²) < 4.78 is 10.8. The number of hydrogen-bond acceptors (Lipinski definition) is 3. The molecule has 0 aliphatic heterocycles. The quantitative estimate of drug-likeness (QED) is 0.777. The van der Waals surface area contributed by atoms with Gasteiger partial charge in [-0.15, -0.1) is 11.8 Å². The lowest BCUT2D eigenvalue weighted by molar-refractivity contribution is 0.311. The van der Waals surface area contributed by atoms with Crippen LogP contribution in [0.3, 0.4) is 0 Å². The minimum Gasteiger partial charge on any atom is -0.493 e. The zero-order valence-electron chi connectivity index (χ0n) is 10.2. The highest BCUT2D eigenvalue weighted by Crippen LogP contribution is 2.29. The number of hydrogen-bond donors (Lipinski definition) is 0. The molecule has 0 heterocycles. The van der Waals surface area contributed by atoms with Gasteiger partial charge in [-0.3, -0.25) is 0 Å². The molecule has 0 saturated heterocycles. The van der Waals surface area contributed by atoms with Crippen LogP contribution in [0, 0.1) is 0 Å². The van der Waals surface area contributed by atoms with Gasteiger partial charge in [0.25, 0.3) is 0 Å². The fourth-order valence-electron chi connectivity index (χ4n) is 1.35. The molecule has 0 saturated carbocycles. The van der Waals surface area contributed by atoms with Crippen molar-refractivity contribution in [3.63, 3.8) is 0 Å². The summed E-state index contributed by atoms with van der Waals surface area (Å²) in [7, 11) is 1.65. The molecule has 0 fully saturated rings. The van der Waals surface area contributed by atoms with E-state index in [2.05, 4.69) is 19.3 Å². The number of ether oxygens (including phenoxy) is 2. The molecule has 16 heavy (non-hydrogen) atoms. The average Bonchev–Trinajstić information content (AvgIpc) is 2.30. The van der Waals surface area contributed by atoms with Crippen LogP contribution in [-0.2, 0) is 0 Å². The van der Waals surface area contributed by atoms with Crippen LogP contribution >= 0.6 is 11.8 Å². The van der Waals surface area contributed by atoms with Crippen LogP contribution < -0.4 is 9.47 Å². The molecule has 1 aromatic rings. The molecular formula is C13H18O2S. The van der Waals surface area contributed by atoms with Crippen molar-refractivity contribution in [2.24, 2.45) is 0 Å². The van der Waals surface area contributed by atoms with E-state index in [4.69, 9.17) is 9.47 Å². The third-order valence-corrected chi connectivity index (χ3v) is 2.94. The maximum atomic E-state index is 5.52. The first kappa shape index (κ1) is 13.0. The summed E-state index contributed by atoms with van der Waals surface area (Å²) in [6.07, 6.45) is 4.20. The third-order valence-electron chi connectivity index (χ3n) is 2.18. The molecule has 0 spiro atoms. The number of allylic oxidation sites excluding steroid dienone is 1. The topological polar surface area (TPSA) is 18.5 Å². The molecule has 2 nitrogen and oxygen atoms in total. The molecule has 0 aliphatic rings. The van der Waals surface area contributed by atoms with Crippen LogP contribution in [0.25, 0.3) is 6.08 Å². The van der Waals surface area contributed by atoms with Crippen LogP contribution in [0.5, 0.6) is 11.5 Å². The molecule has 88 valence electrons. The Bertz CT molecular complexity index is 372. The van der Waals surface area contributed by atoms with Gasteiger partial charge in [0.15, 0.2) is 11.5 Å². The van der Waals surface area contributed by atoms with Gasteiger partial charge in [-0.25, -0.2) is 0 Å². The highest BCUT2D eigenvalue weighted by molar-refractivity contribution is 8.02. The highest BCUT2D eigenvalue weighted by atomic mass is 32.2. The average molecular weight is 238 g/mol. The van der Waals surface area contributed by atoms with Gasteiger partial charge in [0.05, 0.1) is 13.7 Å². The van der Waals surface area contributed by atoms with E-state index in [1.54, 1.807) is 18.9 Å². The van der Waals surface area contributed by atoms with Crippen molar-refractivity contribution in [3.05, 3.63) is 28.7 Å². The van der Waals surface area contributed by atoms with Crippen LogP contribution in [0.1, 0.15) is 19.4 Å². The largest absolute Gasteiger partial charge is 0.493 e. The van der Waals surface area contributed by atoms with Crippen LogP contribution in [0.15, 0.2) is 23.1 Å². The number of methoxy groups -OCH3 is 1. The third kappa shape index (κ3) is 3.49. The summed E-state index contributed by atoms with van der Waals surface area (Å²) in [4.78, 5) is 1.27. The number of benzene rings is 1. The first-order valence-corrected chi connectivity index (χ1v) is 6.46. The summed E-state index contributed by atoms with van der Waals surface area (Å²) in [6.45, 7) is 4.70. The van der Waals surface area contributed by atoms with E-state index < -0.39 is 0 Å². The SMILES string of the molecule is CCOc1cc(/C=C(/C)SC)ccc1OC.